The molecule has 2 rings (SSSR count). The Morgan fingerprint density at radius 1 is 1.00 bits per heavy atom. The number of rotatable bonds is 6. The van der Waals surface area contributed by atoms with Crippen LogP contribution < -0.4 is 4.31 Å². The first kappa shape index (κ1) is 20.4. The second-order valence-corrected chi connectivity index (χ2v) is 7.10. The molecule has 0 amide bonds. The van der Waals surface area contributed by atoms with E-state index in [0.29, 0.717) is 0 Å². The topological polar surface area (TPSA) is 80.8 Å². The number of alkyl halides is 3. The molecule has 6 nitrogen and oxygen atoms in total. The Morgan fingerprint density at radius 2 is 1.56 bits per heavy atom. The molecule has 2 aromatic carbocycles. The van der Waals surface area contributed by atoms with Gasteiger partial charge in [0.25, 0.3) is 0 Å². The van der Waals surface area contributed by atoms with Crippen LogP contribution in [0.2, 0.25) is 0 Å². The van der Waals surface area contributed by atoms with E-state index in [1.165, 1.54) is 30.3 Å². The number of anilines is 1. The molecule has 0 saturated carbocycles. The van der Waals surface area contributed by atoms with Crippen LogP contribution in [0.3, 0.4) is 0 Å². The first-order chi connectivity index (χ1) is 12.6. The van der Waals surface area contributed by atoms with Gasteiger partial charge in [-0.1, -0.05) is 42.5 Å². The zero-order chi connectivity index (χ0) is 20.2. The highest BCUT2D eigenvalue weighted by atomic mass is 32.2. The van der Waals surface area contributed by atoms with E-state index in [9.17, 15) is 31.2 Å². The second kappa shape index (κ2) is 7.78. The molecule has 0 saturated heterocycles. The number of ether oxygens (including phenoxy) is 1. The summed E-state index contributed by atoms with van der Waals surface area (Å²) in [6.45, 7) is -1.24. The summed E-state index contributed by atoms with van der Waals surface area (Å²) in [7, 11) is -5.05. The Bertz CT molecular complexity index is 943. The maximum Gasteiger partial charge on any atom is 0.516 e. The maximum atomic E-state index is 13.1. The SMILES string of the molecule is COC(=O)CN(c1ccccc1C(=O)c1ccccc1)S(=O)(=O)C(F)(F)F. The number of carbonyl (C=O) groups excluding carboxylic acids is 2. The highest BCUT2D eigenvalue weighted by Gasteiger charge is 2.51. The van der Waals surface area contributed by atoms with Crippen LogP contribution in [-0.4, -0.2) is 39.3 Å². The van der Waals surface area contributed by atoms with E-state index in [-0.39, 0.29) is 15.4 Å². The lowest BCUT2D eigenvalue weighted by atomic mass is 10.0. The summed E-state index contributed by atoms with van der Waals surface area (Å²) in [5.41, 5.74) is -6.41. The molecular formula is C17H14F3NO5S. The summed E-state index contributed by atoms with van der Waals surface area (Å²) in [6.07, 6.45) is 0. The molecule has 2 aromatic rings. The highest BCUT2D eigenvalue weighted by Crippen LogP contribution is 2.33. The molecule has 0 bridgehead atoms. The Balaban J connectivity index is 2.64. The number of esters is 1. The largest absolute Gasteiger partial charge is 0.516 e. The van der Waals surface area contributed by atoms with Crippen LogP contribution in [0.1, 0.15) is 15.9 Å². The maximum absolute atomic E-state index is 13.1. The number of sulfonamides is 1. The number of ketones is 1. The number of methoxy groups -OCH3 is 1. The van der Waals surface area contributed by atoms with Gasteiger partial charge in [-0.2, -0.15) is 21.6 Å². The molecule has 0 aliphatic heterocycles. The van der Waals surface area contributed by atoms with Crippen molar-refractivity contribution in [1.82, 2.24) is 0 Å². The molecule has 0 aliphatic rings. The Morgan fingerprint density at radius 3 is 2.11 bits per heavy atom. The standard InChI is InChI=1S/C17H14F3NO5S/c1-26-15(22)11-21(27(24,25)17(18,19)20)14-10-6-5-9-13(14)16(23)12-7-3-2-4-8-12/h2-10H,11H2,1H3. The number of carbonyl (C=O) groups is 2. The Hall–Kier alpha value is -2.88. The van der Waals surface area contributed by atoms with Crippen molar-refractivity contribution >= 4 is 27.5 Å². The molecule has 0 N–H and O–H groups in total. The van der Waals surface area contributed by atoms with E-state index < -0.39 is 39.5 Å². The molecule has 0 fully saturated rings. The number of nitrogens with zero attached hydrogens (tertiary/aromatic N) is 1. The fraction of sp³-hybridized carbons (Fsp3) is 0.176. The average Bonchev–Trinajstić information content (AvgIpc) is 2.65. The van der Waals surface area contributed by atoms with Crippen LogP contribution in [0.4, 0.5) is 18.9 Å². The smallest absolute Gasteiger partial charge is 0.468 e. The van der Waals surface area contributed by atoms with Crippen molar-refractivity contribution in [2.75, 3.05) is 18.0 Å². The molecule has 0 atom stereocenters. The molecule has 144 valence electrons. The van der Waals surface area contributed by atoms with Gasteiger partial charge in [-0.15, -0.1) is 0 Å². The van der Waals surface area contributed by atoms with Gasteiger partial charge in [0.05, 0.1) is 12.8 Å². The first-order valence-electron chi connectivity index (χ1n) is 7.44. The van der Waals surface area contributed by atoms with Crippen LogP contribution in [-0.2, 0) is 19.6 Å². The van der Waals surface area contributed by atoms with Crippen molar-refractivity contribution in [2.24, 2.45) is 0 Å². The minimum atomic E-state index is -5.95. The molecule has 0 heterocycles. The predicted molar refractivity (Wildman–Crippen MR) is 90.7 cm³/mol. The Labute approximate surface area is 153 Å². The summed E-state index contributed by atoms with van der Waals surface area (Å²) < 4.78 is 67.5. The Kier molecular flexibility index (Phi) is 5.89. The molecule has 0 aromatic heterocycles. The lowest BCUT2D eigenvalue weighted by Gasteiger charge is -2.26. The van der Waals surface area contributed by atoms with E-state index in [4.69, 9.17) is 0 Å². The third-order valence-electron chi connectivity index (χ3n) is 3.54. The van der Waals surface area contributed by atoms with Crippen molar-refractivity contribution < 1.29 is 35.9 Å². The molecule has 0 aliphatic carbocycles. The van der Waals surface area contributed by atoms with E-state index in [1.54, 1.807) is 18.2 Å². The zero-order valence-electron chi connectivity index (χ0n) is 13.9. The van der Waals surface area contributed by atoms with Gasteiger partial charge in [0.15, 0.2) is 5.78 Å². The van der Waals surface area contributed by atoms with Crippen molar-refractivity contribution in [3.8, 4) is 0 Å². The number of halogens is 3. The lowest BCUT2D eigenvalue weighted by molar-refractivity contribution is -0.138. The van der Waals surface area contributed by atoms with Gasteiger partial charge in [-0.25, -0.2) is 0 Å². The third-order valence-corrected chi connectivity index (χ3v) is 5.03. The average molecular weight is 401 g/mol. The zero-order valence-corrected chi connectivity index (χ0v) is 14.8. The van der Waals surface area contributed by atoms with Crippen molar-refractivity contribution in [3.63, 3.8) is 0 Å². The molecule has 0 unspecified atom stereocenters. The first-order valence-corrected chi connectivity index (χ1v) is 8.88. The summed E-state index contributed by atoms with van der Waals surface area (Å²) in [6, 6.07) is 12.4. The van der Waals surface area contributed by atoms with Crippen molar-refractivity contribution in [2.45, 2.75) is 5.51 Å². The van der Waals surface area contributed by atoms with E-state index >= 15 is 0 Å². The number of hydrogen-bond acceptors (Lipinski definition) is 5. The van der Waals surface area contributed by atoms with Gasteiger partial charge in [0.1, 0.15) is 6.54 Å². The predicted octanol–water partition coefficient (Wildman–Crippen LogP) is 2.75. The minimum absolute atomic E-state index is 0.146. The molecule has 10 heteroatoms. The summed E-state index contributed by atoms with van der Waals surface area (Å²) >= 11 is 0. The summed E-state index contributed by atoms with van der Waals surface area (Å²) in [5.74, 6) is -1.91. The third kappa shape index (κ3) is 4.27. The van der Waals surface area contributed by atoms with Gasteiger partial charge in [-0.05, 0) is 12.1 Å². The number of hydrogen-bond donors (Lipinski definition) is 0. The number of benzene rings is 2. The number of para-hydroxylation sites is 1. The van der Waals surface area contributed by atoms with Crippen molar-refractivity contribution in [1.29, 1.82) is 0 Å². The quantitative estimate of drug-likeness (QED) is 0.549. The molecular weight excluding hydrogens is 387 g/mol. The second-order valence-electron chi connectivity index (χ2n) is 5.25. The van der Waals surface area contributed by atoms with E-state index in [2.05, 4.69) is 4.74 Å². The van der Waals surface area contributed by atoms with Crippen LogP contribution in [0.15, 0.2) is 54.6 Å². The monoisotopic (exact) mass is 401 g/mol. The minimum Gasteiger partial charge on any atom is -0.468 e. The van der Waals surface area contributed by atoms with E-state index in [0.717, 1.165) is 13.2 Å². The van der Waals surface area contributed by atoms with Gasteiger partial charge in [0, 0.05) is 11.1 Å². The van der Waals surface area contributed by atoms with Crippen LogP contribution in [0.25, 0.3) is 0 Å². The highest BCUT2D eigenvalue weighted by molar-refractivity contribution is 7.93. The van der Waals surface area contributed by atoms with Crippen LogP contribution in [0.5, 0.6) is 0 Å². The molecule has 27 heavy (non-hydrogen) atoms. The van der Waals surface area contributed by atoms with Gasteiger partial charge < -0.3 is 4.74 Å². The van der Waals surface area contributed by atoms with Gasteiger partial charge in [0.2, 0.25) is 0 Å². The molecule has 0 radical (unpaired) electrons. The fourth-order valence-corrected chi connectivity index (χ4v) is 3.18. The van der Waals surface area contributed by atoms with E-state index in [1.807, 2.05) is 0 Å². The molecule has 0 spiro atoms. The van der Waals surface area contributed by atoms with Crippen molar-refractivity contribution in [3.05, 3.63) is 65.7 Å². The fourth-order valence-electron chi connectivity index (χ4n) is 2.23. The van der Waals surface area contributed by atoms with Crippen LogP contribution in [0, 0.1) is 0 Å². The lowest BCUT2D eigenvalue weighted by Crippen LogP contribution is -2.44. The van der Waals surface area contributed by atoms with Gasteiger partial charge >= 0.3 is 21.5 Å². The van der Waals surface area contributed by atoms with Gasteiger partial charge in [-0.3, -0.25) is 13.9 Å². The summed E-state index contributed by atoms with van der Waals surface area (Å²) in [5, 5.41) is 0. The summed E-state index contributed by atoms with van der Waals surface area (Å²) in [4.78, 5) is 24.2. The normalized spacial score (nSPS) is 11.7. The van der Waals surface area contributed by atoms with Crippen LogP contribution >= 0.6 is 0 Å².